The summed E-state index contributed by atoms with van der Waals surface area (Å²) in [6.07, 6.45) is 1.58. The molecule has 1 aromatic rings. The minimum Gasteiger partial charge on any atom is -0.370 e. The molecule has 86 valence electrons. The van der Waals surface area contributed by atoms with Crippen molar-refractivity contribution in [3.05, 3.63) is 18.0 Å². The summed E-state index contributed by atoms with van der Waals surface area (Å²) in [5.74, 6) is 2.30. The molecule has 15 heavy (non-hydrogen) atoms. The van der Waals surface area contributed by atoms with Crippen LogP contribution in [0.1, 0.15) is 5.69 Å². The standard InChI is InChI=1S/C8H14N4OS.ClH/c1-10-8(9)11-3-5-14-6-7-2-4-13-12-7;/h2,4H,3,5-6H2,1H3,(H3,9,10,11);1H. The van der Waals surface area contributed by atoms with Crippen molar-refractivity contribution in [2.45, 2.75) is 5.75 Å². The third-order valence-corrected chi connectivity index (χ3v) is 2.53. The first-order valence-electron chi connectivity index (χ1n) is 4.26. The van der Waals surface area contributed by atoms with Gasteiger partial charge in [-0.1, -0.05) is 5.16 Å². The molecule has 1 rings (SSSR count). The third kappa shape index (κ3) is 6.24. The SMILES string of the molecule is CN=C(N)NCCSCc1ccon1.Cl. The first-order chi connectivity index (χ1) is 6.83. The molecule has 0 aliphatic heterocycles. The van der Waals surface area contributed by atoms with E-state index in [1.165, 1.54) is 0 Å². The van der Waals surface area contributed by atoms with Crippen molar-refractivity contribution in [3.8, 4) is 0 Å². The number of thioether (sulfide) groups is 1. The van der Waals surface area contributed by atoms with Crippen molar-refractivity contribution in [3.63, 3.8) is 0 Å². The average molecular weight is 251 g/mol. The summed E-state index contributed by atoms with van der Waals surface area (Å²) >= 11 is 1.77. The number of hydrogen-bond donors (Lipinski definition) is 2. The van der Waals surface area contributed by atoms with Crippen molar-refractivity contribution in [1.29, 1.82) is 0 Å². The van der Waals surface area contributed by atoms with E-state index in [1.807, 2.05) is 6.07 Å². The predicted octanol–water partition coefficient (Wildman–Crippen LogP) is 0.864. The zero-order chi connectivity index (χ0) is 10.2. The lowest BCUT2D eigenvalue weighted by atomic mass is 10.5. The summed E-state index contributed by atoms with van der Waals surface area (Å²) in [7, 11) is 1.66. The Hall–Kier alpha value is -0.880. The zero-order valence-corrected chi connectivity index (χ0v) is 10.1. The fourth-order valence-electron chi connectivity index (χ4n) is 0.819. The Morgan fingerprint density at radius 1 is 1.73 bits per heavy atom. The number of nitrogens with two attached hydrogens (primary N) is 1. The number of aliphatic imine (C=N–C) groups is 1. The molecule has 0 bridgehead atoms. The number of halogens is 1. The minimum atomic E-state index is 0. The molecule has 5 nitrogen and oxygen atoms in total. The van der Waals surface area contributed by atoms with Crippen LogP contribution in [0, 0.1) is 0 Å². The number of hydrogen-bond acceptors (Lipinski definition) is 4. The smallest absolute Gasteiger partial charge is 0.188 e. The van der Waals surface area contributed by atoms with Crippen LogP contribution in [0.3, 0.4) is 0 Å². The molecule has 0 atom stereocenters. The van der Waals surface area contributed by atoms with Crippen molar-refractivity contribution in [1.82, 2.24) is 10.5 Å². The summed E-state index contributed by atoms with van der Waals surface area (Å²) in [5.41, 5.74) is 6.42. The molecule has 0 saturated heterocycles. The van der Waals surface area contributed by atoms with Crippen molar-refractivity contribution in [2.75, 3.05) is 19.3 Å². The van der Waals surface area contributed by atoms with Crippen LogP contribution in [0.2, 0.25) is 0 Å². The lowest BCUT2D eigenvalue weighted by Gasteiger charge is -2.02. The van der Waals surface area contributed by atoms with E-state index in [9.17, 15) is 0 Å². The number of guanidine groups is 1. The molecule has 0 aromatic carbocycles. The molecule has 0 aliphatic rings. The van der Waals surface area contributed by atoms with E-state index >= 15 is 0 Å². The van der Waals surface area contributed by atoms with Crippen LogP contribution in [-0.2, 0) is 5.75 Å². The van der Waals surface area contributed by atoms with Gasteiger partial charge in [0.1, 0.15) is 6.26 Å². The van der Waals surface area contributed by atoms with Crippen molar-refractivity contribution < 1.29 is 4.52 Å². The van der Waals surface area contributed by atoms with E-state index in [4.69, 9.17) is 10.3 Å². The highest BCUT2D eigenvalue weighted by Gasteiger charge is 1.96. The summed E-state index contributed by atoms with van der Waals surface area (Å²) in [6.45, 7) is 0.811. The van der Waals surface area contributed by atoms with Gasteiger partial charge in [-0.25, -0.2) is 0 Å². The molecule has 0 aliphatic carbocycles. The summed E-state index contributed by atoms with van der Waals surface area (Å²) in [6, 6.07) is 1.86. The molecule has 0 unspecified atom stereocenters. The first kappa shape index (κ1) is 14.1. The average Bonchev–Trinajstić information content (AvgIpc) is 2.69. The first-order valence-corrected chi connectivity index (χ1v) is 5.41. The highest BCUT2D eigenvalue weighted by atomic mass is 35.5. The van der Waals surface area contributed by atoms with Crippen LogP contribution in [0.4, 0.5) is 0 Å². The van der Waals surface area contributed by atoms with Gasteiger partial charge in [0.25, 0.3) is 0 Å². The Morgan fingerprint density at radius 3 is 3.13 bits per heavy atom. The number of nitrogens with one attached hydrogen (secondary N) is 1. The fourth-order valence-corrected chi connectivity index (χ4v) is 1.57. The second kappa shape index (κ2) is 8.43. The molecule has 0 saturated carbocycles. The topological polar surface area (TPSA) is 76.4 Å². The van der Waals surface area contributed by atoms with Gasteiger partial charge in [0.05, 0.1) is 5.69 Å². The van der Waals surface area contributed by atoms with Crippen LogP contribution in [-0.4, -0.2) is 30.5 Å². The van der Waals surface area contributed by atoms with E-state index < -0.39 is 0 Å². The summed E-state index contributed by atoms with van der Waals surface area (Å²) in [4.78, 5) is 3.78. The molecule has 1 heterocycles. The maximum Gasteiger partial charge on any atom is 0.188 e. The van der Waals surface area contributed by atoms with Crippen LogP contribution < -0.4 is 11.1 Å². The Morgan fingerprint density at radius 2 is 2.53 bits per heavy atom. The van der Waals surface area contributed by atoms with Gasteiger partial charge in [-0.05, 0) is 0 Å². The number of rotatable bonds is 5. The Balaban J connectivity index is 0.00000196. The van der Waals surface area contributed by atoms with Crippen LogP contribution in [0.25, 0.3) is 0 Å². The van der Waals surface area contributed by atoms with Gasteiger partial charge in [-0.15, -0.1) is 12.4 Å². The van der Waals surface area contributed by atoms with Crippen molar-refractivity contribution >= 4 is 30.1 Å². The Labute approximate surface area is 99.3 Å². The lowest BCUT2D eigenvalue weighted by molar-refractivity contribution is 0.414. The second-order valence-corrected chi connectivity index (χ2v) is 3.68. The van der Waals surface area contributed by atoms with E-state index in [1.54, 1.807) is 25.1 Å². The van der Waals surface area contributed by atoms with Gasteiger partial charge >= 0.3 is 0 Å². The summed E-state index contributed by atoms with van der Waals surface area (Å²) in [5, 5.41) is 6.78. The highest BCUT2D eigenvalue weighted by Crippen LogP contribution is 2.08. The highest BCUT2D eigenvalue weighted by molar-refractivity contribution is 7.98. The quantitative estimate of drug-likeness (QED) is 0.461. The fraction of sp³-hybridized carbons (Fsp3) is 0.500. The van der Waals surface area contributed by atoms with Crippen LogP contribution in [0.15, 0.2) is 21.8 Å². The molecular weight excluding hydrogens is 236 g/mol. The normalized spacial score (nSPS) is 10.9. The molecule has 0 fully saturated rings. The molecule has 0 radical (unpaired) electrons. The van der Waals surface area contributed by atoms with Crippen LogP contribution in [0.5, 0.6) is 0 Å². The van der Waals surface area contributed by atoms with E-state index in [2.05, 4.69) is 15.5 Å². The predicted molar refractivity (Wildman–Crippen MR) is 65.5 cm³/mol. The zero-order valence-electron chi connectivity index (χ0n) is 8.47. The van der Waals surface area contributed by atoms with Gasteiger partial charge in [-0.2, -0.15) is 11.8 Å². The van der Waals surface area contributed by atoms with Crippen LogP contribution >= 0.6 is 24.2 Å². The largest absolute Gasteiger partial charge is 0.370 e. The van der Waals surface area contributed by atoms with Gasteiger partial charge in [0.2, 0.25) is 0 Å². The molecule has 0 amide bonds. The van der Waals surface area contributed by atoms with Gasteiger partial charge in [-0.3, -0.25) is 4.99 Å². The third-order valence-electron chi connectivity index (χ3n) is 1.53. The Kier molecular flexibility index (Phi) is 7.94. The second-order valence-electron chi connectivity index (χ2n) is 2.58. The van der Waals surface area contributed by atoms with Gasteiger partial charge < -0.3 is 15.6 Å². The summed E-state index contributed by atoms with van der Waals surface area (Å²) < 4.78 is 4.71. The minimum absolute atomic E-state index is 0. The van der Waals surface area contributed by atoms with E-state index in [-0.39, 0.29) is 12.4 Å². The lowest BCUT2D eigenvalue weighted by Crippen LogP contribution is -2.32. The monoisotopic (exact) mass is 250 g/mol. The maximum atomic E-state index is 5.45. The number of aromatic nitrogens is 1. The molecule has 3 N–H and O–H groups in total. The van der Waals surface area contributed by atoms with E-state index in [0.717, 1.165) is 23.7 Å². The van der Waals surface area contributed by atoms with Crippen molar-refractivity contribution in [2.24, 2.45) is 10.7 Å². The molecular formula is C8H15ClN4OS. The Bertz CT molecular complexity index is 278. The molecule has 1 aromatic heterocycles. The van der Waals surface area contributed by atoms with Gasteiger partial charge in [0.15, 0.2) is 5.96 Å². The number of nitrogens with zero attached hydrogens (tertiary/aromatic N) is 2. The molecule has 0 spiro atoms. The maximum absolute atomic E-state index is 5.45. The van der Waals surface area contributed by atoms with Gasteiger partial charge in [0, 0.05) is 31.2 Å². The van der Waals surface area contributed by atoms with E-state index in [0.29, 0.717) is 5.96 Å². The molecule has 7 heteroatoms.